The number of benzene rings is 1. The van der Waals surface area contributed by atoms with Crippen molar-refractivity contribution < 1.29 is 29.6 Å². The Morgan fingerprint density at radius 3 is 2.50 bits per heavy atom. The van der Waals surface area contributed by atoms with E-state index in [0.29, 0.717) is 54.1 Å². The van der Waals surface area contributed by atoms with Gasteiger partial charge in [-0.25, -0.2) is 0 Å². The van der Waals surface area contributed by atoms with Crippen molar-refractivity contribution >= 4 is 5.91 Å². The molecule has 1 amide bonds. The van der Waals surface area contributed by atoms with Crippen LogP contribution in [0.4, 0.5) is 0 Å². The van der Waals surface area contributed by atoms with Gasteiger partial charge < -0.3 is 30.1 Å². The minimum absolute atomic E-state index is 0.0340. The highest BCUT2D eigenvalue weighted by Crippen LogP contribution is 2.68. The van der Waals surface area contributed by atoms with Gasteiger partial charge in [0, 0.05) is 13.0 Å². The van der Waals surface area contributed by atoms with Gasteiger partial charge in [0.05, 0.1) is 32.5 Å². The Bertz CT molecular complexity index is 1060. The predicted molar refractivity (Wildman–Crippen MR) is 154 cm³/mol. The van der Waals surface area contributed by atoms with Gasteiger partial charge in [0.2, 0.25) is 5.91 Å². The van der Waals surface area contributed by atoms with Crippen LogP contribution in [0.15, 0.2) is 18.2 Å². The van der Waals surface area contributed by atoms with Crippen molar-refractivity contribution in [1.82, 2.24) is 5.32 Å². The monoisotopic (exact) mass is 557 g/mol. The number of fused-ring (bicyclic) bond motifs is 5. The quantitative estimate of drug-likeness (QED) is 0.369. The minimum Gasteiger partial charge on any atom is -0.493 e. The average molecular weight is 558 g/mol. The van der Waals surface area contributed by atoms with Gasteiger partial charge in [0.1, 0.15) is 0 Å². The van der Waals surface area contributed by atoms with Crippen molar-refractivity contribution in [2.45, 2.75) is 103 Å². The number of amides is 1. The lowest BCUT2D eigenvalue weighted by Crippen LogP contribution is -2.62. The van der Waals surface area contributed by atoms with Crippen LogP contribution in [0.3, 0.4) is 0 Å². The first kappa shape index (κ1) is 29.7. The van der Waals surface area contributed by atoms with E-state index in [1.54, 1.807) is 14.2 Å². The Kier molecular flexibility index (Phi) is 8.49. The maximum Gasteiger partial charge on any atom is 0.220 e. The van der Waals surface area contributed by atoms with E-state index in [1.165, 1.54) is 0 Å². The molecular weight excluding hydrogens is 506 g/mol. The number of hydrogen-bond donors (Lipinski definition) is 4. The molecule has 40 heavy (non-hydrogen) atoms. The Labute approximate surface area is 240 Å². The molecule has 4 N–H and O–H groups in total. The SMILES string of the molecule is COc1ccc(CNC(=O)CC[C@@H](C)[C@@H]2CC[C@@H]3[C@@H]4[C@H](O)C[C@H]5C[C@H](O)CC[C@]5(C)[C@@H]4C[C@H](O)[C@@]32C)cc1OC. The Hall–Kier alpha value is -1.83. The first-order valence-electron chi connectivity index (χ1n) is 15.5. The van der Waals surface area contributed by atoms with Crippen molar-refractivity contribution in [3.63, 3.8) is 0 Å². The summed E-state index contributed by atoms with van der Waals surface area (Å²) in [5, 5.41) is 36.6. The normalized spacial score (nSPS) is 41.3. The molecule has 0 radical (unpaired) electrons. The molecule has 0 aromatic heterocycles. The molecular formula is C33H51NO6. The summed E-state index contributed by atoms with van der Waals surface area (Å²) < 4.78 is 10.7. The fourth-order valence-electron chi connectivity index (χ4n) is 9.97. The first-order valence-corrected chi connectivity index (χ1v) is 15.5. The van der Waals surface area contributed by atoms with Crippen LogP contribution in [0.5, 0.6) is 11.5 Å². The number of rotatable bonds is 8. The summed E-state index contributed by atoms with van der Waals surface area (Å²) in [5.41, 5.74) is 0.801. The molecule has 5 rings (SSSR count). The molecule has 0 bridgehead atoms. The van der Waals surface area contributed by atoms with Crippen LogP contribution in [-0.2, 0) is 11.3 Å². The van der Waals surface area contributed by atoms with Crippen LogP contribution < -0.4 is 14.8 Å². The van der Waals surface area contributed by atoms with Crippen LogP contribution in [0.2, 0.25) is 0 Å². The van der Waals surface area contributed by atoms with Gasteiger partial charge in [-0.3, -0.25) is 4.79 Å². The highest BCUT2D eigenvalue weighted by molar-refractivity contribution is 5.75. The average Bonchev–Trinajstić information content (AvgIpc) is 3.30. The second-order valence-electron chi connectivity index (χ2n) is 14.0. The molecule has 4 saturated carbocycles. The van der Waals surface area contributed by atoms with Gasteiger partial charge in [0.25, 0.3) is 0 Å². The van der Waals surface area contributed by atoms with Crippen LogP contribution in [0.25, 0.3) is 0 Å². The van der Waals surface area contributed by atoms with E-state index < -0.39 is 6.10 Å². The van der Waals surface area contributed by atoms with E-state index in [0.717, 1.165) is 56.9 Å². The largest absolute Gasteiger partial charge is 0.493 e. The summed E-state index contributed by atoms with van der Waals surface area (Å²) in [4.78, 5) is 12.8. The van der Waals surface area contributed by atoms with E-state index in [1.807, 2.05) is 18.2 Å². The molecule has 1 aromatic carbocycles. The summed E-state index contributed by atoms with van der Waals surface area (Å²) in [6.45, 7) is 7.33. The number of methoxy groups -OCH3 is 2. The van der Waals surface area contributed by atoms with Crippen LogP contribution >= 0.6 is 0 Å². The molecule has 11 atom stereocenters. The lowest BCUT2D eigenvalue weighted by molar-refractivity contribution is -0.207. The standard InChI is InChI=1S/C33H51NO6/c1-19(6-11-30(38)34-18-20-7-10-27(39-4)28(14-20)40-5)23-8-9-24-31-25(17-29(37)33(23,24)3)32(2)13-12-22(35)15-21(32)16-26(31)36/h7,10,14,19,21-26,29,31,35-37H,6,8-9,11-13,15-18H2,1-5H3,(H,34,38)/t19-,21-,22-,23+,24-,25-,26-,29+,31+,32+,33-/m1/s1. The van der Waals surface area contributed by atoms with E-state index in [2.05, 4.69) is 26.1 Å². The topological polar surface area (TPSA) is 108 Å². The number of hydrogen-bond acceptors (Lipinski definition) is 6. The Balaban J connectivity index is 1.21. The molecule has 0 spiro atoms. The van der Waals surface area contributed by atoms with Crippen molar-refractivity contribution in [1.29, 1.82) is 0 Å². The minimum atomic E-state index is -0.401. The van der Waals surface area contributed by atoms with Gasteiger partial charge in [-0.1, -0.05) is 26.8 Å². The van der Waals surface area contributed by atoms with Crippen LogP contribution in [0.1, 0.15) is 84.1 Å². The number of aliphatic hydroxyl groups excluding tert-OH is 3. The van der Waals surface area contributed by atoms with E-state index in [9.17, 15) is 20.1 Å². The number of nitrogens with one attached hydrogen (secondary N) is 1. The summed E-state index contributed by atoms with van der Waals surface area (Å²) in [6.07, 6.45) is 6.42. The third-order valence-corrected chi connectivity index (χ3v) is 12.3. The smallest absolute Gasteiger partial charge is 0.220 e. The molecule has 0 heterocycles. The van der Waals surface area contributed by atoms with Gasteiger partial charge in [-0.15, -0.1) is 0 Å². The molecule has 4 aliphatic rings. The van der Waals surface area contributed by atoms with Crippen molar-refractivity contribution in [2.24, 2.45) is 46.3 Å². The van der Waals surface area contributed by atoms with Crippen molar-refractivity contribution in [2.75, 3.05) is 14.2 Å². The van der Waals surface area contributed by atoms with Crippen molar-refractivity contribution in [3.8, 4) is 11.5 Å². The third-order valence-electron chi connectivity index (χ3n) is 12.3. The summed E-state index contributed by atoms with van der Waals surface area (Å²) in [7, 11) is 3.21. The number of carbonyl (C=O) groups is 1. The third kappa shape index (κ3) is 5.05. The zero-order valence-electron chi connectivity index (χ0n) is 25.1. The molecule has 7 heteroatoms. The fraction of sp³-hybridized carbons (Fsp3) is 0.788. The van der Waals surface area contributed by atoms with E-state index in [4.69, 9.17) is 9.47 Å². The molecule has 4 aliphatic carbocycles. The second-order valence-corrected chi connectivity index (χ2v) is 14.0. The van der Waals surface area contributed by atoms with Crippen molar-refractivity contribution in [3.05, 3.63) is 23.8 Å². The van der Waals surface area contributed by atoms with Gasteiger partial charge in [-0.05, 0) is 115 Å². The number of aliphatic hydroxyl groups is 3. The fourth-order valence-corrected chi connectivity index (χ4v) is 9.97. The first-order chi connectivity index (χ1) is 19.0. The lowest BCUT2D eigenvalue weighted by Gasteiger charge is -2.63. The highest BCUT2D eigenvalue weighted by atomic mass is 16.5. The molecule has 0 unspecified atom stereocenters. The molecule has 1 aromatic rings. The second kappa shape index (κ2) is 11.4. The molecule has 224 valence electrons. The van der Waals surface area contributed by atoms with Crippen LogP contribution in [0, 0.1) is 46.3 Å². The molecule has 0 aliphatic heterocycles. The number of ether oxygens (including phenoxy) is 2. The number of carbonyl (C=O) groups excluding carboxylic acids is 1. The highest BCUT2D eigenvalue weighted by Gasteiger charge is 2.65. The van der Waals surface area contributed by atoms with Gasteiger partial charge in [-0.2, -0.15) is 0 Å². The summed E-state index contributed by atoms with van der Waals surface area (Å²) in [6, 6.07) is 5.66. The maximum absolute atomic E-state index is 12.8. The molecule has 4 fully saturated rings. The molecule has 0 saturated heterocycles. The van der Waals surface area contributed by atoms with Gasteiger partial charge in [0.15, 0.2) is 11.5 Å². The molecule has 7 nitrogen and oxygen atoms in total. The summed E-state index contributed by atoms with van der Waals surface area (Å²) in [5.74, 6) is 3.13. The maximum atomic E-state index is 12.8. The van der Waals surface area contributed by atoms with Crippen LogP contribution in [-0.4, -0.2) is 53.8 Å². The van der Waals surface area contributed by atoms with E-state index >= 15 is 0 Å². The zero-order chi connectivity index (χ0) is 28.8. The Morgan fingerprint density at radius 1 is 1.02 bits per heavy atom. The van der Waals surface area contributed by atoms with Gasteiger partial charge >= 0.3 is 0 Å². The lowest BCUT2D eigenvalue weighted by atomic mass is 9.43. The zero-order valence-corrected chi connectivity index (χ0v) is 25.1. The predicted octanol–water partition coefficient (Wildman–Crippen LogP) is 4.70. The van der Waals surface area contributed by atoms with E-state index in [-0.39, 0.29) is 34.9 Å². The Morgan fingerprint density at radius 2 is 1.77 bits per heavy atom. The summed E-state index contributed by atoms with van der Waals surface area (Å²) >= 11 is 0.